The van der Waals surface area contributed by atoms with E-state index in [9.17, 15) is 0 Å². The molecule has 2 aromatic heterocycles. The Hall–Kier alpha value is -3.04. The van der Waals surface area contributed by atoms with Crippen molar-refractivity contribution < 1.29 is 0 Å². The fraction of sp³-hybridized carbons (Fsp3) is 0.0435. The topological polar surface area (TPSA) is 25.8 Å². The van der Waals surface area contributed by atoms with Gasteiger partial charge in [0.15, 0.2) is 5.82 Å². The maximum absolute atomic E-state index is 4.97. The Balaban J connectivity index is 1.88. The van der Waals surface area contributed by atoms with E-state index in [2.05, 4.69) is 67.6 Å². The van der Waals surface area contributed by atoms with E-state index in [1.165, 1.54) is 15.6 Å². The quantitative estimate of drug-likeness (QED) is 0.363. The van der Waals surface area contributed by atoms with Gasteiger partial charge in [-0.2, -0.15) is 0 Å². The van der Waals surface area contributed by atoms with Crippen LogP contribution in [0.5, 0.6) is 0 Å². The highest BCUT2D eigenvalue weighted by Gasteiger charge is 2.16. The zero-order valence-electron chi connectivity index (χ0n) is 14.3. The van der Waals surface area contributed by atoms with E-state index < -0.39 is 0 Å². The lowest BCUT2D eigenvalue weighted by Gasteiger charge is -2.07. The average Bonchev–Trinajstić information content (AvgIpc) is 3.07. The van der Waals surface area contributed by atoms with E-state index in [0.717, 1.165) is 32.9 Å². The van der Waals surface area contributed by atoms with Gasteiger partial charge >= 0.3 is 0 Å². The molecule has 124 valence electrons. The summed E-state index contributed by atoms with van der Waals surface area (Å²) in [5.41, 5.74) is 5.47. The van der Waals surface area contributed by atoms with Crippen molar-refractivity contribution in [1.29, 1.82) is 0 Å². The first kappa shape index (κ1) is 15.2. The number of thiophene rings is 1. The molecule has 26 heavy (non-hydrogen) atoms. The predicted octanol–water partition coefficient (Wildman–Crippen LogP) is 6.49. The molecule has 0 aliphatic heterocycles. The first-order chi connectivity index (χ1) is 12.8. The van der Waals surface area contributed by atoms with Crippen LogP contribution < -0.4 is 0 Å². The maximum Gasteiger partial charge on any atom is 0.160 e. The van der Waals surface area contributed by atoms with Gasteiger partial charge in [0.1, 0.15) is 0 Å². The molecule has 0 N–H and O–H groups in total. The molecule has 0 spiro atoms. The van der Waals surface area contributed by atoms with Crippen LogP contribution in [0.4, 0.5) is 0 Å². The van der Waals surface area contributed by atoms with E-state index in [1.807, 2.05) is 18.2 Å². The van der Waals surface area contributed by atoms with Gasteiger partial charge in [-0.15, -0.1) is 11.3 Å². The Labute approximate surface area is 155 Å². The molecule has 2 heterocycles. The van der Waals surface area contributed by atoms with Gasteiger partial charge in [0.2, 0.25) is 0 Å². The van der Waals surface area contributed by atoms with Crippen LogP contribution in [0.25, 0.3) is 42.9 Å². The lowest BCUT2D eigenvalue weighted by molar-refractivity contribution is 1.24. The van der Waals surface area contributed by atoms with Crippen molar-refractivity contribution in [3.05, 3.63) is 84.4 Å². The molecule has 0 unspecified atom stereocenters. The van der Waals surface area contributed by atoms with Crippen LogP contribution in [0.2, 0.25) is 0 Å². The molecule has 0 saturated heterocycles. The average molecular weight is 352 g/mol. The standard InChI is InChI=1S/C23H16N2S/c1-15-11-13-16(14-12-15)20-22-21(18-9-5-6-10-19(18)26-22)25-23(24-20)17-7-3-2-4-8-17/h2-14H,1H3. The first-order valence-electron chi connectivity index (χ1n) is 8.61. The van der Waals surface area contributed by atoms with Crippen molar-refractivity contribution in [2.75, 3.05) is 0 Å². The molecule has 0 saturated carbocycles. The minimum Gasteiger partial charge on any atom is -0.226 e. The number of fused-ring (bicyclic) bond motifs is 3. The third-order valence-electron chi connectivity index (χ3n) is 4.58. The van der Waals surface area contributed by atoms with Crippen molar-refractivity contribution in [1.82, 2.24) is 9.97 Å². The van der Waals surface area contributed by atoms with Crippen molar-refractivity contribution in [2.24, 2.45) is 0 Å². The summed E-state index contributed by atoms with van der Waals surface area (Å²) in [5, 5.41) is 1.19. The molecule has 0 radical (unpaired) electrons. The molecule has 0 bridgehead atoms. The van der Waals surface area contributed by atoms with Gasteiger partial charge in [-0.1, -0.05) is 78.4 Å². The van der Waals surface area contributed by atoms with Gasteiger partial charge in [0.25, 0.3) is 0 Å². The molecule has 0 amide bonds. The molecule has 3 heteroatoms. The number of nitrogens with zero attached hydrogens (tertiary/aromatic N) is 2. The van der Waals surface area contributed by atoms with Crippen LogP contribution >= 0.6 is 11.3 Å². The highest BCUT2D eigenvalue weighted by molar-refractivity contribution is 7.26. The second kappa shape index (κ2) is 6.04. The van der Waals surface area contributed by atoms with Crippen LogP contribution in [0.15, 0.2) is 78.9 Å². The largest absolute Gasteiger partial charge is 0.226 e. The minimum atomic E-state index is 0.775. The fourth-order valence-electron chi connectivity index (χ4n) is 3.21. The smallest absolute Gasteiger partial charge is 0.160 e. The van der Waals surface area contributed by atoms with Crippen LogP contribution in [-0.2, 0) is 0 Å². The fourth-order valence-corrected chi connectivity index (χ4v) is 4.37. The molecule has 2 nitrogen and oxygen atoms in total. The van der Waals surface area contributed by atoms with Crippen molar-refractivity contribution in [3.63, 3.8) is 0 Å². The molecule has 0 aliphatic carbocycles. The molecule has 0 atom stereocenters. The molecule has 5 rings (SSSR count). The highest BCUT2D eigenvalue weighted by atomic mass is 32.1. The van der Waals surface area contributed by atoms with Crippen LogP contribution in [0, 0.1) is 6.92 Å². The summed E-state index contributed by atoms with van der Waals surface area (Å²) in [5.74, 6) is 0.775. The molecular formula is C23H16N2S. The number of aromatic nitrogens is 2. The van der Waals surface area contributed by atoms with Gasteiger partial charge in [-0.05, 0) is 13.0 Å². The van der Waals surface area contributed by atoms with Crippen LogP contribution in [0.3, 0.4) is 0 Å². The second-order valence-electron chi connectivity index (χ2n) is 6.40. The zero-order valence-corrected chi connectivity index (χ0v) is 15.1. The predicted molar refractivity (Wildman–Crippen MR) is 111 cm³/mol. The summed E-state index contributed by atoms with van der Waals surface area (Å²) in [6.07, 6.45) is 0. The number of hydrogen-bond acceptors (Lipinski definition) is 3. The lowest BCUT2D eigenvalue weighted by atomic mass is 10.1. The van der Waals surface area contributed by atoms with E-state index in [0.29, 0.717) is 0 Å². The third kappa shape index (κ3) is 2.49. The van der Waals surface area contributed by atoms with Crippen LogP contribution in [-0.4, -0.2) is 9.97 Å². The highest BCUT2D eigenvalue weighted by Crippen LogP contribution is 2.39. The van der Waals surface area contributed by atoms with Crippen molar-refractivity contribution in [3.8, 4) is 22.6 Å². The summed E-state index contributed by atoms with van der Waals surface area (Å²) in [7, 11) is 0. The summed E-state index contributed by atoms with van der Waals surface area (Å²) in [4.78, 5) is 9.90. The maximum atomic E-state index is 4.97. The minimum absolute atomic E-state index is 0.775. The first-order valence-corrected chi connectivity index (χ1v) is 9.43. The Kier molecular flexibility index (Phi) is 3.54. The normalized spacial score (nSPS) is 11.3. The van der Waals surface area contributed by atoms with E-state index in [-0.39, 0.29) is 0 Å². The Bertz CT molecular complexity index is 1220. The zero-order chi connectivity index (χ0) is 17.5. The van der Waals surface area contributed by atoms with Crippen LogP contribution in [0.1, 0.15) is 5.56 Å². The summed E-state index contributed by atoms with van der Waals surface area (Å²) < 4.78 is 2.39. The molecule has 5 aromatic rings. The second-order valence-corrected chi connectivity index (χ2v) is 7.46. The van der Waals surface area contributed by atoms with Crippen molar-refractivity contribution in [2.45, 2.75) is 6.92 Å². The number of hydrogen-bond donors (Lipinski definition) is 0. The van der Waals surface area contributed by atoms with E-state index in [4.69, 9.17) is 9.97 Å². The van der Waals surface area contributed by atoms with E-state index in [1.54, 1.807) is 11.3 Å². The Morgan fingerprint density at radius 3 is 2.23 bits per heavy atom. The molecular weight excluding hydrogens is 336 g/mol. The number of aryl methyl sites for hydroxylation is 1. The lowest BCUT2D eigenvalue weighted by Crippen LogP contribution is -1.93. The monoisotopic (exact) mass is 352 g/mol. The Morgan fingerprint density at radius 1 is 0.692 bits per heavy atom. The number of benzene rings is 3. The van der Waals surface area contributed by atoms with Gasteiger partial charge in [-0.25, -0.2) is 9.97 Å². The molecule has 3 aromatic carbocycles. The summed E-state index contributed by atoms with van der Waals surface area (Å²) >= 11 is 1.77. The van der Waals surface area contributed by atoms with E-state index >= 15 is 0 Å². The SMILES string of the molecule is Cc1ccc(-c2nc(-c3ccccc3)nc3c2sc2ccccc23)cc1. The van der Waals surface area contributed by atoms with Gasteiger partial charge in [0.05, 0.1) is 15.9 Å². The van der Waals surface area contributed by atoms with Gasteiger partial charge in [-0.3, -0.25) is 0 Å². The summed E-state index contributed by atoms with van der Waals surface area (Å²) in [6, 6.07) is 27.2. The molecule has 0 fully saturated rings. The number of rotatable bonds is 2. The Morgan fingerprint density at radius 2 is 1.42 bits per heavy atom. The summed E-state index contributed by atoms with van der Waals surface area (Å²) in [6.45, 7) is 2.11. The molecule has 0 aliphatic rings. The third-order valence-corrected chi connectivity index (χ3v) is 5.74. The van der Waals surface area contributed by atoms with Crippen molar-refractivity contribution >= 4 is 31.6 Å². The van der Waals surface area contributed by atoms with Gasteiger partial charge in [0, 0.05) is 21.2 Å². The van der Waals surface area contributed by atoms with Gasteiger partial charge < -0.3 is 0 Å².